The Kier molecular flexibility index (Phi) is 3.66. The molecule has 2 rings (SSSR count). The Morgan fingerprint density at radius 2 is 2.22 bits per heavy atom. The van der Waals surface area contributed by atoms with Gasteiger partial charge in [0.15, 0.2) is 0 Å². The second kappa shape index (κ2) is 5.22. The van der Waals surface area contributed by atoms with E-state index in [2.05, 4.69) is 4.90 Å². The number of hydrogen-bond acceptors (Lipinski definition) is 5. The maximum atomic E-state index is 10.7. The summed E-state index contributed by atoms with van der Waals surface area (Å²) in [7, 11) is 0. The Morgan fingerprint density at radius 3 is 2.83 bits per heavy atom. The fraction of sp³-hybridized carbons (Fsp3) is 0.500. The molecule has 0 aliphatic carbocycles. The van der Waals surface area contributed by atoms with Crippen LogP contribution >= 0.6 is 0 Å². The summed E-state index contributed by atoms with van der Waals surface area (Å²) in [5.41, 5.74) is 12.6. The van der Waals surface area contributed by atoms with Crippen LogP contribution in [0.25, 0.3) is 0 Å². The van der Waals surface area contributed by atoms with Gasteiger partial charge < -0.3 is 16.4 Å². The van der Waals surface area contributed by atoms with E-state index >= 15 is 0 Å². The van der Waals surface area contributed by atoms with Gasteiger partial charge in [0, 0.05) is 30.9 Å². The quantitative estimate of drug-likeness (QED) is 0.481. The summed E-state index contributed by atoms with van der Waals surface area (Å²) in [6.07, 6.45) is 3.36. The van der Waals surface area contributed by atoms with Gasteiger partial charge in [-0.1, -0.05) is 0 Å². The van der Waals surface area contributed by atoms with Crippen LogP contribution in [0.1, 0.15) is 19.3 Å². The van der Waals surface area contributed by atoms with Crippen molar-refractivity contribution in [2.45, 2.75) is 25.3 Å². The van der Waals surface area contributed by atoms with Crippen LogP contribution in [0.3, 0.4) is 0 Å². The number of nitrogens with zero attached hydrogens (tertiary/aromatic N) is 2. The molecule has 1 fully saturated rings. The zero-order valence-corrected chi connectivity index (χ0v) is 10.2. The van der Waals surface area contributed by atoms with Gasteiger partial charge in [-0.2, -0.15) is 0 Å². The first-order valence-electron chi connectivity index (χ1n) is 6.14. The molecule has 1 atom stereocenters. The molecule has 18 heavy (non-hydrogen) atoms. The van der Waals surface area contributed by atoms with Crippen LogP contribution in [0.5, 0.6) is 0 Å². The van der Waals surface area contributed by atoms with Gasteiger partial charge in [0.05, 0.1) is 4.92 Å². The molecule has 1 aliphatic heterocycles. The Balaban J connectivity index is 2.27. The second-order valence-corrected chi connectivity index (χ2v) is 4.58. The highest BCUT2D eigenvalue weighted by molar-refractivity contribution is 5.67. The largest absolute Gasteiger partial charge is 0.393 e. The summed E-state index contributed by atoms with van der Waals surface area (Å²) < 4.78 is 0. The third kappa shape index (κ3) is 2.38. The minimum atomic E-state index is -0.463. The summed E-state index contributed by atoms with van der Waals surface area (Å²) in [6.45, 7) is 1.52. The number of hydrogen-bond donors (Lipinski definition) is 2. The average Bonchev–Trinajstić information content (AvgIpc) is 2.38. The van der Waals surface area contributed by atoms with Gasteiger partial charge in [0.25, 0.3) is 5.69 Å². The van der Waals surface area contributed by atoms with Crippen molar-refractivity contribution in [2.75, 3.05) is 23.7 Å². The molecular formula is C12H18N4O2. The first kappa shape index (κ1) is 12.6. The molecule has 1 unspecified atom stereocenters. The Labute approximate surface area is 106 Å². The molecule has 98 valence electrons. The smallest absolute Gasteiger partial charge is 0.292 e. The lowest BCUT2D eigenvalue weighted by Crippen LogP contribution is -2.44. The molecular weight excluding hydrogens is 232 g/mol. The van der Waals surface area contributed by atoms with Gasteiger partial charge in [0.2, 0.25) is 0 Å². The van der Waals surface area contributed by atoms with E-state index in [1.807, 2.05) is 0 Å². The maximum absolute atomic E-state index is 10.7. The van der Waals surface area contributed by atoms with Gasteiger partial charge in [-0.3, -0.25) is 10.1 Å². The van der Waals surface area contributed by atoms with Gasteiger partial charge in [-0.25, -0.2) is 0 Å². The molecule has 1 aromatic carbocycles. The molecule has 0 aromatic heterocycles. The SMILES string of the molecule is NCC1CCCCN1c1ccc([N+](=O)[O-])c(N)c1. The van der Waals surface area contributed by atoms with Crippen molar-refractivity contribution in [1.82, 2.24) is 0 Å². The number of nitro groups is 1. The topological polar surface area (TPSA) is 98.4 Å². The molecule has 1 saturated heterocycles. The lowest BCUT2D eigenvalue weighted by atomic mass is 10.0. The zero-order chi connectivity index (χ0) is 13.1. The average molecular weight is 250 g/mol. The van der Waals surface area contributed by atoms with E-state index in [9.17, 15) is 10.1 Å². The zero-order valence-electron chi connectivity index (χ0n) is 10.2. The molecule has 0 amide bonds. The second-order valence-electron chi connectivity index (χ2n) is 4.58. The van der Waals surface area contributed by atoms with Crippen molar-refractivity contribution in [3.8, 4) is 0 Å². The van der Waals surface area contributed by atoms with Crippen molar-refractivity contribution in [3.05, 3.63) is 28.3 Å². The van der Waals surface area contributed by atoms with Crippen LogP contribution in [0.4, 0.5) is 17.1 Å². The lowest BCUT2D eigenvalue weighted by Gasteiger charge is -2.37. The van der Waals surface area contributed by atoms with Crippen molar-refractivity contribution < 1.29 is 4.92 Å². The Hall–Kier alpha value is -1.82. The minimum absolute atomic E-state index is 0.0416. The summed E-state index contributed by atoms with van der Waals surface area (Å²) >= 11 is 0. The van der Waals surface area contributed by atoms with E-state index in [-0.39, 0.29) is 11.4 Å². The monoisotopic (exact) mass is 250 g/mol. The number of piperidine rings is 1. The normalized spacial score (nSPS) is 19.8. The van der Waals surface area contributed by atoms with E-state index in [1.54, 1.807) is 12.1 Å². The fourth-order valence-electron chi connectivity index (χ4n) is 2.47. The third-order valence-electron chi connectivity index (χ3n) is 3.44. The molecule has 0 saturated carbocycles. The summed E-state index contributed by atoms with van der Waals surface area (Å²) in [4.78, 5) is 12.5. The first-order chi connectivity index (χ1) is 8.63. The highest BCUT2D eigenvalue weighted by atomic mass is 16.6. The molecule has 1 aliphatic rings. The first-order valence-corrected chi connectivity index (χ1v) is 6.14. The molecule has 6 heteroatoms. The van der Waals surface area contributed by atoms with Gasteiger partial charge in [-0.15, -0.1) is 0 Å². The van der Waals surface area contributed by atoms with Gasteiger partial charge in [-0.05, 0) is 31.4 Å². The standard InChI is InChI=1S/C12H18N4O2/c13-8-10-3-1-2-6-15(10)9-4-5-12(16(17)18)11(14)7-9/h4-5,7,10H,1-3,6,8,13-14H2. The maximum Gasteiger partial charge on any atom is 0.292 e. The molecule has 0 radical (unpaired) electrons. The van der Waals surface area contributed by atoms with Crippen molar-refractivity contribution in [3.63, 3.8) is 0 Å². The van der Waals surface area contributed by atoms with Crippen LogP contribution in [-0.2, 0) is 0 Å². The van der Waals surface area contributed by atoms with Gasteiger partial charge in [0.1, 0.15) is 5.69 Å². The fourth-order valence-corrected chi connectivity index (χ4v) is 2.47. The third-order valence-corrected chi connectivity index (χ3v) is 3.44. The molecule has 0 spiro atoms. The van der Waals surface area contributed by atoms with Crippen LogP contribution in [0, 0.1) is 10.1 Å². The highest BCUT2D eigenvalue weighted by Crippen LogP contribution is 2.30. The minimum Gasteiger partial charge on any atom is -0.393 e. The number of nitro benzene ring substituents is 1. The van der Waals surface area contributed by atoms with Crippen molar-refractivity contribution in [1.29, 1.82) is 0 Å². The Bertz CT molecular complexity index is 450. The van der Waals surface area contributed by atoms with Crippen LogP contribution in [0.2, 0.25) is 0 Å². The molecule has 1 aromatic rings. The Morgan fingerprint density at radius 1 is 1.44 bits per heavy atom. The number of benzene rings is 1. The van der Waals surface area contributed by atoms with E-state index < -0.39 is 4.92 Å². The van der Waals surface area contributed by atoms with E-state index in [0.29, 0.717) is 12.6 Å². The number of nitrogens with two attached hydrogens (primary N) is 2. The van der Waals surface area contributed by atoms with Gasteiger partial charge >= 0.3 is 0 Å². The van der Waals surface area contributed by atoms with Crippen molar-refractivity contribution in [2.24, 2.45) is 5.73 Å². The molecule has 1 heterocycles. The number of rotatable bonds is 3. The van der Waals surface area contributed by atoms with Crippen molar-refractivity contribution >= 4 is 17.1 Å². The van der Waals surface area contributed by atoms with E-state index in [0.717, 1.165) is 25.1 Å². The van der Waals surface area contributed by atoms with E-state index in [1.165, 1.54) is 12.5 Å². The lowest BCUT2D eigenvalue weighted by molar-refractivity contribution is -0.383. The summed E-state index contributed by atoms with van der Waals surface area (Å²) in [5, 5.41) is 10.7. The molecule has 4 N–H and O–H groups in total. The van der Waals surface area contributed by atoms with Crippen LogP contribution < -0.4 is 16.4 Å². The number of nitrogen functional groups attached to an aromatic ring is 1. The van der Waals surface area contributed by atoms with E-state index in [4.69, 9.17) is 11.5 Å². The van der Waals surface area contributed by atoms with Crippen LogP contribution in [-0.4, -0.2) is 24.1 Å². The summed E-state index contributed by atoms with van der Waals surface area (Å²) in [5.74, 6) is 0. The summed E-state index contributed by atoms with van der Waals surface area (Å²) in [6, 6.07) is 5.20. The predicted molar refractivity (Wildman–Crippen MR) is 71.5 cm³/mol. The number of anilines is 2. The predicted octanol–water partition coefficient (Wildman–Crippen LogP) is 1.49. The van der Waals surface area contributed by atoms with Crippen LogP contribution in [0.15, 0.2) is 18.2 Å². The highest BCUT2D eigenvalue weighted by Gasteiger charge is 2.22. The molecule has 6 nitrogen and oxygen atoms in total. The molecule has 0 bridgehead atoms.